The Morgan fingerprint density at radius 3 is 2.31 bits per heavy atom. The summed E-state index contributed by atoms with van der Waals surface area (Å²) in [6.07, 6.45) is 15.9. The molecule has 0 aromatic rings. The van der Waals surface area contributed by atoms with E-state index in [0.717, 1.165) is 19.1 Å². The van der Waals surface area contributed by atoms with E-state index in [0.29, 0.717) is 0 Å². The van der Waals surface area contributed by atoms with E-state index in [1.54, 1.807) is 6.08 Å². The third-order valence-corrected chi connectivity index (χ3v) is 1.86. The van der Waals surface area contributed by atoms with E-state index in [1.807, 2.05) is 6.08 Å². The Bertz CT molecular complexity index is 157. The van der Waals surface area contributed by atoms with Crippen LogP contribution in [0.4, 0.5) is 0 Å². The molecule has 0 saturated heterocycles. The normalized spacial score (nSPS) is 11.5. The fraction of sp³-hybridized carbons (Fsp3) is 0.583. The predicted molar refractivity (Wildman–Crippen MR) is 57.7 cm³/mol. The van der Waals surface area contributed by atoms with Crippen LogP contribution in [0, 0.1) is 0 Å². The molecular formula is C12H20O. The summed E-state index contributed by atoms with van der Waals surface area (Å²) in [6, 6.07) is 0. The number of aldehydes is 1. The molecule has 0 aromatic carbocycles. The number of carbonyl (C=O) groups is 1. The van der Waals surface area contributed by atoms with Crippen molar-refractivity contribution >= 4 is 6.29 Å². The Morgan fingerprint density at radius 1 is 0.923 bits per heavy atom. The summed E-state index contributed by atoms with van der Waals surface area (Å²) in [4.78, 5) is 9.91. The van der Waals surface area contributed by atoms with E-state index in [1.165, 1.54) is 25.7 Å². The number of hydrogen-bond donors (Lipinski definition) is 0. The maximum atomic E-state index is 9.91. The van der Waals surface area contributed by atoms with Crippen LogP contribution in [0.3, 0.4) is 0 Å². The quantitative estimate of drug-likeness (QED) is 0.241. The van der Waals surface area contributed by atoms with Crippen molar-refractivity contribution in [3.63, 3.8) is 0 Å². The van der Waals surface area contributed by atoms with Crippen LogP contribution < -0.4 is 0 Å². The van der Waals surface area contributed by atoms with Crippen molar-refractivity contribution in [3.8, 4) is 0 Å². The summed E-state index contributed by atoms with van der Waals surface area (Å²) in [5.74, 6) is 0. The van der Waals surface area contributed by atoms with Crippen molar-refractivity contribution in [2.75, 3.05) is 0 Å². The third kappa shape index (κ3) is 11.1. The number of unbranched alkanes of at least 4 members (excludes halogenated alkanes) is 4. The molecule has 0 heterocycles. The first-order chi connectivity index (χ1) is 6.41. The summed E-state index contributed by atoms with van der Waals surface area (Å²) >= 11 is 0. The molecular weight excluding hydrogens is 160 g/mol. The van der Waals surface area contributed by atoms with Gasteiger partial charge in [0.1, 0.15) is 6.29 Å². The highest BCUT2D eigenvalue weighted by molar-refractivity contribution is 5.64. The van der Waals surface area contributed by atoms with Gasteiger partial charge in [-0.05, 0) is 31.8 Å². The highest BCUT2D eigenvalue weighted by Crippen LogP contribution is 2.01. The predicted octanol–water partition coefficient (Wildman–Crippen LogP) is 3.66. The average molecular weight is 180 g/mol. The Morgan fingerprint density at radius 2 is 1.62 bits per heavy atom. The van der Waals surface area contributed by atoms with Crippen LogP contribution in [0.2, 0.25) is 0 Å². The first-order valence-electron chi connectivity index (χ1n) is 5.17. The monoisotopic (exact) mass is 180 g/mol. The molecule has 0 aliphatic heterocycles. The lowest BCUT2D eigenvalue weighted by atomic mass is 10.2. The van der Waals surface area contributed by atoms with Crippen molar-refractivity contribution in [1.29, 1.82) is 0 Å². The second-order valence-corrected chi connectivity index (χ2v) is 3.11. The zero-order valence-electron chi connectivity index (χ0n) is 8.54. The van der Waals surface area contributed by atoms with Crippen molar-refractivity contribution in [1.82, 2.24) is 0 Å². The molecule has 0 spiro atoms. The Kier molecular flexibility index (Phi) is 10.4. The van der Waals surface area contributed by atoms with E-state index in [-0.39, 0.29) is 0 Å². The second-order valence-electron chi connectivity index (χ2n) is 3.11. The van der Waals surface area contributed by atoms with Gasteiger partial charge in [-0.2, -0.15) is 0 Å². The molecule has 0 radical (unpaired) electrons. The molecule has 0 aliphatic carbocycles. The van der Waals surface area contributed by atoms with Crippen molar-refractivity contribution < 1.29 is 4.79 Å². The van der Waals surface area contributed by atoms with E-state index in [2.05, 4.69) is 19.1 Å². The molecule has 0 bridgehead atoms. The van der Waals surface area contributed by atoms with E-state index in [4.69, 9.17) is 0 Å². The lowest BCUT2D eigenvalue weighted by molar-refractivity contribution is -0.104. The van der Waals surface area contributed by atoms with Gasteiger partial charge in [0.15, 0.2) is 0 Å². The molecule has 0 saturated carbocycles. The highest BCUT2D eigenvalue weighted by Gasteiger charge is 1.81. The lowest BCUT2D eigenvalue weighted by Crippen LogP contribution is -1.71. The zero-order chi connectivity index (χ0) is 9.78. The Balaban J connectivity index is 3.12. The van der Waals surface area contributed by atoms with Crippen LogP contribution in [0.25, 0.3) is 0 Å². The first kappa shape index (κ1) is 12.2. The van der Waals surface area contributed by atoms with Gasteiger partial charge in [-0.1, -0.05) is 38.0 Å². The van der Waals surface area contributed by atoms with Crippen LogP contribution in [-0.2, 0) is 4.79 Å². The number of rotatable bonds is 8. The molecule has 0 rings (SSSR count). The molecule has 0 unspecified atom stereocenters. The van der Waals surface area contributed by atoms with Crippen LogP contribution in [-0.4, -0.2) is 6.29 Å². The summed E-state index contributed by atoms with van der Waals surface area (Å²) in [5, 5.41) is 0. The van der Waals surface area contributed by atoms with Crippen LogP contribution in [0.1, 0.15) is 45.4 Å². The Labute approximate surface area is 81.5 Å². The molecule has 1 heteroatoms. The minimum atomic E-state index is 0.824. The smallest absolute Gasteiger partial charge is 0.142 e. The van der Waals surface area contributed by atoms with Gasteiger partial charge in [0.05, 0.1) is 0 Å². The summed E-state index contributed by atoms with van der Waals surface area (Å²) in [7, 11) is 0. The van der Waals surface area contributed by atoms with Crippen molar-refractivity contribution in [3.05, 3.63) is 24.3 Å². The number of carbonyl (C=O) groups excluding carboxylic acids is 1. The van der Waals surface area contributed by atoms with Crippen LogP contribution in [0.15, 0.2) is 24.3 Å². The lowest BCUT2D eigenvalue weighted by Gasteiger charge is -1.91. The van der Waals surface area contributed by atoms with Gasteiger partial charge in [0, 0.05) is 0 Å². The van der Waals surface area contributed by atoms with E-state index in [9.17, 15) is 4.79 Å². The molecule has 74 valence electrons. The highest BCUT2D eigenvalue weighted by atomic mass is 16.1. The largest absolute Gasteiger partial charge is 0.299 e. The van der Waals surface area contributed by atoms with Gasteiger partial charge in [-0.25, -0.2) is 0 Å². The van der Waals surface area contributed by atoms with Crippen molar-refractivity contribution in [2.24, 2.45) is 0 Å². The fourth-order valence-corrected chi connectivity index (χ4v) is 1.09. The zero-order valence-corrected chi connectivity index (χ0v) is 8.54. The van der Waals surface area contributed by atoms with Crippen LogP contribution in [0.5, 0.6) is 0 Å². The van der Waals surface area contributed by atoms with Crippen molar-refractivity contribution in [2.45, 2.75) is 45.4 Å². The van der Waals surface area contributed by atoms with Gasteiger partial charge in [-0.3, -0.25) is 4.79 Å². The van der Waals surface area contributed by atoms with E-state index < -0.39 is 0 Å². The summed E-state index contributed by atoms with van der Waals surface area (Å²) in [6.45, 7) is 2.22. The van der Waals surface area contributed by atoms with Gasteiger partial charge >= 0.3 is 0 Å². The van der Waals surface area contributed by atoms with Gasteiger partial charge < -0.3 is 0 Å². The average Bonchev–Trinajstić information content (AvgIpc) is 2.16. The first-order valence-corrected chi connectivity index (χ1v) is 5.17. The molecule has 0 aromatic heterocycles. The van der Waals surface area contributed by atoms with Crippen LogP contribution >= 0.6 is 0 Å². The van der Waals surface area contributed by atoms with Gasteiger partial charge in [0.25, 0.3) is 0 Å². The van der Waals surface area contributed by atoms with E-state index >= 15 is 0 Å². The minimum absolute atomic E-state index is 0.824. The number of hydrogen-bond acceptors (Lipinski definition) is 1. The fourth-order valence-electron chi connectivity index (χ4n) is 1.09. The molecule has 1 nitrogen and oxygen atoms in total. The second kappa shape index (κ2) is 11.2. The maximum Gasteiger partial charge on any atom is 0.142 e. The SMILES string of the molecule is CCCCC/C=C/CC/C=C/C=O. The Hall–Kier alpha value is -0.850. The molecule has 0 fully saturated rings. The molecule has 0 amide bonds. The standard InChI is InChI=1S/C12H20O/c1-2-3-4-5-6-7-8-9-10-11-12-13/h6-7,10-12H,2-5,8-9H2,1H3/b7-6+,11-10+. The summed E-state index contributed by atoms with van der Waals surface area (Å²) < 4.78 is 0. The molecule has 13 heavy (non-hydrogen) atoms. The molecule has 0 aliphatic rings. The minimum Gasteiger partial charge on any atom is -0.299 e. The van der Waals surface area contributed by atoms with Gasteiger partial charge in [0.2, 0.25) is 0 Å². The summed E-state index contributed by atoms with van der Waals surface area (Å²) in [5.41, 5.74) is 0. The topological polar surface area (TPSA) is 17.1 Å². The molecule has 0 N–H and O–H groups in total. The molecule has 0 atom stereocenters. The van der Waals surface area contributed by atoms with Gasteiger partial charge in [-0.15, -0.1) is 0 Å². The number of allylic oxidation sites excluding steroid dienone is 4. The third-order valence-electron chi connectivity index (χ3n) is 1.86. The maximum absolute atomic E-state index is 9.91.